The molecule has 1 heterocycles. The largest absolute Gasteiger partial charge is 0.245 e. The number of hydrogen-bond donors (Lipinski definition) is 0. The third-order valence-electron chi connectivity index (χ3n) is 6.14. The van der Waals surface area contributed by atoms with Gasteiger partial charge in [0.15, 0.2) is 0 Å². The molecular formula is C26H25N3. The van der Waals surface area contributed by atoms with Crippen LogP contribution in [0.25, 0.3) is 11.1 Å². The molecule has 0 amide bonds. The number of hydrogen-bond acceptors (Lipinski definition) is 3. The minimum absolute atomic E-state index is 0.182. The van der Waals surface area contributed by atoms with Gasteiger partial charge in [-0.15, -0.1) is 0 Å². The van der Waals surface area contributed by atoms with E-state index in [1.54, 1.807) is 18.5 Å². The van der Waals surface area contributed by atoms with Crippen molar-refractivity contribution in [3.05, 3.63) is 94.6 Å². The first-order chi connectivity index (χ1) is 14.0. The predicted octanol–water partition coefficient (Wildman–Crippen LogP) is 5.60. The number of benzene rings is 2. The number of rotatable bonds is 0. The average Bonchev–Trinajstić information content (AvgIpc) is 2.75. The van der Waals surface area contributed by atoms with Gasteiger partial charge >= 0.3 is 0 Å². The van der Waals surface area contributed by atoms with E-state index in [2.05, 4.69) is 73.2 Å². The van der Waals surface area contributed by atoms with Crippen LogP contribution in [0.4, 0.5) is 0 Å². The van der Waals surface area contributed by atoms with Gasteiger partial charge in [-0.1, -0.05) is 55.8 Å². The molecule has 2 aromatic carbocycles. The highest BCUT2D eigenvalue weighted by Gasteiger charge is 2.35. The average molecular weight is 380 g/mol. The zero-order valence-corrected chi connectivity index (χ0v) is 17.2. The standard InChI is InChI=1S/C22H21N.C4H4N2/c1-14-12-19-18-9-8-15-6-4-5-7-16(15)17(18)10-11-20(19)22(2,3)21(14)13-23;1-2-5-4-6-3-1/h4-7,10-11H,8-9,12H2,1-3H3;1-4H. The fourth-order valence-corrected chi connectivity index (χ4v) is 4.79. The molecule has 3 nitrogen and oxygen atoms in total. The summed E-state index contributed by atoms with van der Waals surface area (Å²) >= 11 is 0. The van der Waals surface area contributed by atoms with E-state index in [1.165, 1.54) is 45.3 Å². The molecule has 0 unspecified atom stereocenters. The lowest BCUT2D eigenvalue weighted by molar-refractivity contribution is 0.607. The minimum Gasteiger partial charge on any atom is -0.245 e. The Labute approximate surface area is 172 Å². The number of aromatic nitrogens is 2. The number of allylic oxidation sites excluding steroid dienone is 2. The Kier molecular flexibility index (Phi) is 5.03. The first kappa shape index (κ1) is 19.1. The molecule has 0 saturated carbocycles. The second-order valence-corrected chi connectivity index (χ2v) is 8.25. The Hall–Kier alpha value is -3.25. The zero-order chi connectivity index (χ0) is 20.4. The molecule has 0 N–H and O–H groups in total. The Bertz CT molecular complexity index is 1090. The fraction of sp³-hybridized carbons (Fsp3) is 0.269. The van der Waals surface area contributed by atoms with Crippen LogP contribution >= 0.6 is 0 Å². The second-order valence-electron chi connectivity index (χ2n) is 8.25. The van der Waals surface area contributed by atoms with Gasteiger partial charge < -0.3 is 0 Å². The number of nitriles is 1. The summed E-state index contributed by atoms with van der Waals surface area (Å²) in [6.07, 6.45) is 8.03. The summed E-state index contributed by atoms with van der Waals surface area (Å²) in [5, 5.41) is 9.58. The van der Waals surface area contributed by atoms with Crippen molar-refractivity contribution in [3.8, 4) is 17.2 Å². The molecular weight excluding hydrogens is 354 g/mol. The van der Waals surface area contributed by atoms with E-state index in [4.69, 9.17) is 0 Å². The summed E-state index contributed by atoms with van der Waals surface area (Å²) in [7, 11) is 0. The molecule has 1 aromatic heterocycles. The second kappa shape index (κ2) is 7.64. The van der Waals surface area contributed by atoms with Crippen molar-refractivity contribution in [1.29, 1.82) is 5.26 Å². The van der Waals surface area contributed by atoms with E-state index in [9.17, 15) is 5.26 Å². The molecule has 29 heavy (non-hydrogen) atoms. The van der Waals surface area contributed by atoms with Gasteiger partial charge in [0, 0.05) is 23.4 Å². The molecule has 2 aliphatic rings. The summed E-state index contributed by atoms with van der Waals surface area (Å²) < 4.78 is 0. The highest BCUT2D eigenvalue weighted by atomic mass is 14.8. The van der Waals surface area contributed by atoms with Gasteiger partial charge in [-0.2, -0.15) is 5.26 Å². The number of aryl methyl sites for hydroxylation is 1. The molecule has 2 aliphatic carbocycles. The van der Waals surface area contributed by atoms with Crippen molar-refractivity contribution < 1.29 is 0 Å². The summed E-state index contributed by atoms with van der Waals surface area (Å²) in [4.78, 5) is 7.35. The highest BCUT2D eigenvalue weighted by Crippen LogP contribution is 2.45. The molecule has 0 spiro atoms. The van der Waals surface area contributed by atoms with Crippen LogP contribution in [0, 0.1) is 11.3 Å². The smallest absolute Gasteiger partial charge is 0.115 e. The maximum atomic E-state index is 9.58. The van der Waals surface area contributed by atoms with Crippen molar-refractivity contribution >= 4 is 0 Å². The van der Waals surface area contributed by atoms with E-state index in [0.29, 0.717) is 0 Å². The Morgan fingerprint density at radius 1 is 0.897 bits per heavy atom. The maximum Gasteiger partial charge on any atom is 0.115 e. The normalized spacial score (nSPS) is 15.8. The maximum absolute atomic E-state index is 9.58. The summed E-state index contributed by atoms with van der Waals surface area (Å²) in [5.41, 5.74) is 10.6. The van der Waals surface area contributed by atoms with Crippen LogP contribution in [-0.2, 0) is 24.7 Å². The first-order valence-corrected chi connectivity index (χ1v) is 10.1. The molecule has 0 saturated heterocycles. The molecule has 3 aromatic rings. The third kappa shape index (κ3) is 3.36. The van der Waals surface area contributed by atoms with Crippen LogP contribution in [0.3, 0.4) is 0 Å². The van der Waals surface area contributed by atoms with Gasteiger partial charge in [0.1, 0.15) is 6.33 Å². The number of nitrogens with zero attached hydrogens (tertiary/aromatic N) is 3. The lowest BCUT2D eigenvalue weighted by atomic mass is 9.66. The monoisotopic (exact) mass is 379 g/mol. The van der Waals surface area contributed by atoms with Crippen molar-refractivity contribution in [2.75, 3.05) is 0 Å². The van der Waals surface area contributed by atoms with Gasteiger partial charge in [-0.3, -0.25) is 0 Å². The molecule has 0 bridgehead atoms. The molecule has 0 atom stereocenters. The van der Waals surface area contributed by atoms with Crippen LogP contribution in [0.5, 0.6) is 0 Å². The van der Waals surface area contributed by atoms with E-state index in [0.717, 1.165) is 24.8 Å². The van der Waals surface area contributed by atoms with Gasteiger partial charge in [0.25, 0.3) is 0 Å². The van der Waals surface area contributed by atoms with Crippen LogP contribution in [0.15, 0.2) is 72.3 Å². The van der Waals surface area contributed by atoms with Crippen molar-refractivity contribution in [2.45, 2.75) is 45.4 Å². The van der Waals surface area contributed by atoms with Crippen molar-refractivity contribution in [3.63, 3.8) is 0 Å². The topological polar surface area (TPSA) is 49.6 Å². The molecule has 3 heteroatoms. The third-order valence-corrected chi connectivity index (χ3v) is 6.14. The number of fused-ring (bicyclic) bond motifs is 5. The van der Waals surface area contributed by atoms with E-state index < -0.39 is 0 Å². The highest BCUT2D eigenvalue weighted by molar-refractivity contribution is 5.76. The summed E-state index contributed by atoms with van der Waals surface area (Å²) in [6, 6.07) is 17.6. The van der Waals surface area contributed by atoms with Crippen LogP contribution < -0.4 is 0 Å². The quantitative estimate of drug-likeness (QED) is 0.511. The predicted molar refractivity (Wildman–Crippen MR) is 116 cm³/mol. The first-order valence-electron chi connectivity index (χ1n) is 10.1. The lowest BCUT2D eigenvalue weighted by Gasteiger charge is -2.36. The molecule has 144 valence electrons. The van der Waals surface area contributed by atoms with E-state index >= 15 is 0 Å². The van der Waals surface area contributed by atoms with Crippen molar-refractivity contribution in [1.82, 2.24) is 9.97 Å². The van der Waals surface area contributed by atoms with Crippen LogP contribution in [0.2, 0.25) is 0 Å². The fourth-order valence-electron chi connectivity index (χ4n) is 4.79. The Morgan fingerprint density at radius 3 is 2.31 bits per heavy atom. The minimum atomic E-state index is -0.182. The van der Waals surface area contributed by atoms with E-state index in [-0.39, 0.29) is 5.41 Å². The lowest BCUT2D eigenvalue weighted by Crippen LogP contribution is -2.28. The van der Waals surface area contributed by atoms with Crippen LogP contribution in [-0.4, -0.2) is 9.97 Å². The Morgan fingerprint density at radius 2 is 1.66 bits per heavy atom. The van der Waals surface area contributed by atoms with Gasteiger partial charge in [-0.25, -0.2) is 9.97 Å². The molecule has 0 aliphatic heterocycles. The SMILES string of the molecule is CC1=C(C#N)C(C)(C)c2ccc3c(c2C1)CCc1ccccc1-3.c1cncnc1. The summed E-state index contributed by atoms with van der Waals surface area (Å²) in [5.74, 6) is 0. The van der Waals surface area contributed by atoms with Crippen molar-refractivity contribution in [2.24, 2.45) is 0 Å². The molecule has 5 rings (SSSR count). The van der Waals surface area contributed by atoms with Gasteiger partial charge in [0.05, 0.1) is 6.07 Å². The summed E-state index contributed by atoms with van der Waals surface area (Å²) in [6.45, 7) is 6.51. The Balaban J connectivity index is 0.000000294. The van der Waals surface area contributed by atoms with Gasteiger partial charge in [0.2, 0.25) is 0 Å². The zero-order valence-electron chi connectivity index (χ0n) is 17.2. The van der Waals surface area contributed by atoms with Gasteiger partial charge in [-0.05, 0) is 65.6 Å². The van der Waals surface area contributed by atoms with Crippen LogP contribution in [0.1, 0.15) is 43.0 Å². The molecule has 0 fully saturated rings. The van der Waals surface area contributed by atoms with E-state index in [1.807, 2.05) is 0 Å². The molecule has 0 radical (unpaired) electrons.